The summed E-state index contributed by atoms with van der Waals surface area (Å²) >= 11 is 0. The molecule has 5 rings (SSSR count). The van der Waals surface area contributed by atoms with Crippen LogP contribution >= 0.6 is 0 Å². The Bertz CT molecular complexity index is 1150. The molecule has 0 bridgehead atoms. The van der Waals surface area contributed by atoms with Gasteiger partial charge in [-0.2, -0.15) is 0 Å². The molecule has 174 valence electrons. The van der Waals surface area contributed by atoms with Crippen molar-refractivity contribution in [2.75, 3.05) is 33.3 Å². The highest BCUT2D eigenvalue weighted by Crippen LogP contribution is 2.30. The van der Waals surface area contributed by atoms with Gasteiger partial charge in [-0.3, -0.25) is 9.80 Å². The number of ether oxygens (including phenoxy) is 1. The number of piperazine rings is 1. The van der Waals surface area contributed by atoms with Crippen molar-refractivity contribution < 1.29 is 4.74 Å². The van der Waals surface area contributed by atoms with Crippen LogP contribution in [-0.2, 0) is 13.1 Å². The maximum Gasteiger partial charge on any atom is 0.173 e. The lowest BCUT2D eigenvalue weighted by Gasteiger charge is -2.39. The minimum Gasteiger partial charge on any atom is -0.497 e. The zero-order valence-corrected chi connectivity index (χ0v) is 19.5. The van der Waals surface area contributed by atoms with Gasteiger partial charge in [0.1, 0.15) is 5.75 Å². The molecule has 0 saturated carbocycles. The standard InChI is InChI=1S/C27H30N6O/c1-34-25-14-12-24(13-15-25)26(27-28-29-30-33(27)21-23-10-6-3-7-11-23)32-18-16-31(17-19-32)20-22-8-4-2-5-9-22/h2-15,26H,16-21H2,1H3/t26-/m1/s1. The zero-order chi connectivity index (χ0) is 23.2. The fraction of sp³-hybridized carbons (Fsp3) is 0.296. The van der Waals surface area contributed by atoms with Gasteiger partial charge in [0.2, 0.25) is 0 Å². The molecular formula is C27H30N6O. The van der Waals surface area contributed by atoms with E-state index in [4.69, 9.17) is 4.74 Å². The van der Waals surface area contributed by atoms with E-state index in [0.717, 1.165) is 44.3 Å². The maximum absolute atomic E-state index is 5.39. The van der Waals surface area contributed by atoms with E-state index < -0.39 is 0 Å². The molecule has 0 amide bonds. The summed E-state index contributed by atoms with van der Waals surface area (Å²) in [6.45, 7) is 5.52. The molecule has 0 aliphatic carbocycles. The van der Waals surface area contributed by atoms with Gasteiger partial charge < -0.3 is 4.74 Å². The summed E-state index contributed by atoms with van der Waals surface area (Å²) in [6.07, 6.45) is 0. The second-order valence-electron chi connectivity index (χ2n) is 8.65. The van der Waals surface area contributed by atoms with Crippen molar-refractivity contribution in [3.63, 3.8) is 0 Å². The maximum atomic E-state index is 5.39. The minimum absolute atomic E-state index is 0.0245. The lowest BCUT2D eigenvalue weighted by molar-refractivity contribution is 0.100. The van der Waals surface area contributed by atoms with Crippen LogP contribution in [0.1, 0.15) is 28.6 Å². The summed E-state index contributed by atoms with van der Waals surface area (Å²) in [5.41, 5.74) is 3.70. The smallest absolute Gasteiger partial charge is 0.173 e. The van der Waals surface area contributed by atoms with Gasteiger partial charge in [0, 0.05) is 32.7 Å². The molecule has 1 aliphatic rings. The van der Waals surface area contributed by atoms with Gasteiger partial charge in [-0.1, -0.05) is 72.8 Å². The number of tetrazole rings is 1. The van der Waals surface area contributed by atoms with Crippen molar-refractivity contribution in [1.82, 2.24) is 30.0 Å². The Morgan fingerprint density at radius 3 is 2.00 bits per heavy atom. The summed E-state index contributed by atoms with van der Waals surface area (Å²) < 4.78 is 7.32. The molecule has 2 heterocycles. The van der Waals surface area contributed by atoms with Crippen molar-refractivity contribution in [2.45, 2.75) is 19.1 Å². The lowest BCUT2D eigenvalue weighted by Crippen LogP contribution is -2.48. The molecule has 1 atom stereocenters. The summed E-state index contributed by atoms with van der Waals surface area (Å²) in [4.78, 5) is 5.01. The third-order valence-electron chi connectivity index (χ3n) is 6.43. The monoisotopic (exact) mass is 454 g/mol. The first-order valence-corrected chi connectivity index (χ1v) is 11.7. The number of hydrogen-bond donors (Lipinski definition) is 0. The number of benzene rings is 3. The van der Waals surface area contributed by atoms with E-state index in [1.807, 2.05) is 35.0 Å². The van der Waals surface area contributed by atoms with Crippen LogP contribution in [0.25, 0.3) is 0 Å². The Labute approximate surface area is 200 Å². The van der Waals surface area contributed by atoms with Gasteiger partial charge in [-0.05, 0) is 39.2 Å². The van der Waals surface area contributed by atoms with Gasteiger partial charge in [0.05, 0.1) is 19.7 Å². The first-order chi connectivity index (χ1) is 16.8. The van der Waals surface area contributed by atoms with Gasteiger partial charge in [-0.25, -0.2) is 4.68 Å². The van der Waals surface area contributed by atoms with Crippen molar-refractivity contribution >= 4 is 0 Å². The van der Waals surface area contributed by atoms with Crippen molar-refractivity contribution in [3.8, 4) is 5.75 Å². The van der Waals surface area contributed by atoms with Crippen molar-refractivity contribution in [3.05, 3.63) is 107 Å². The Balaban J connectivity index is 1.38. The van der Waals surface area contributed by atoms with E-state index in [1.165, 1.54) is 16.7 Å². The number of nitrogens with zero attached hydrogens (tertiary/aromatic N) is 6. The Kier molecular flexibility index (Phi) is 6.93. The molecule has 1 saturated heterocycles. The highest BCUT2D eigenvalue weighted by molar-refractivity contribution is 5.32. The number of aromatic nitrogens is 4. The molecular weight excluding hydrogens is 424 g/mol. The first-order valence-electron chi connectivity index (χ1n) is 11.7. The SMILES string of the molecule is COc1ccc([C@H](c2nnnn2Cc2ccccc2)N2CCN(Cc3ccccc3)CC2)cc1. The summed E-state index contributed by atoms with van der Waals surface area (Å²) in [5, 5.41) is 12.9. The largest absolute Gasteiger partial charge is 0.497 e. The van der Waals surface area contributed by atoms with Gasteiger partial charge in [-0.15, -0.1) is 5.10 Å². The summed E-state index contributed by atoms with van der Waals surface area (Å²) in [7, 11) is 1.69. The average Bonchev–Trinajstić information content (AvgIpc) is 3.34. The summed E-state index contributed by atoms with van der Waals surface area (Å²) in [6, 6.07) is 29.3. The highest BCUT2D eigenvalue weighted by atomic mass is 16.5. The Morgan fingerprint density at radius 1 is 0.765 bits per heavy atom. The van der Waals surface area contributed by atoms with Gasteiger partial charge >= 0.3 is 0 Å². The highest BCUT2D eigenvalue weighted by Gasteiger charge is 2.30. The second kappa shape index (κ2) is 10.6. The van der Waals surface area contributed by atoms with E-state index in [0.29, 0.717) is 6.54 Å². The van der Waals surface area contributed by atoms with Crippen molar-refractivity contribution in [2.24, 2.45) is 0 Å². The van der Waals surface area contributed by atoms with Crippen LogP contribution in [0, 0.1) is 0 Å². The molecule has 0 radical (unpaired) electrons. The molecule has 7 nitrogen and oxygen atoms in total. The second-order valence-corrected chi connectivity index (χ2v) is 8.65. The molecule has 0 spiro atoms. The molecule has 34 heavy (non-hydrogen) atoms. The van der Waals surface area contributed by atoms with Crippen LogP contribution in [-0.4, -0.2) is 63.3 Å². The van der Waals surface area contributed by atoms with Crippen LogP contribution in [0.3, 0.4) is 0 Å². The zero-order valence-electron chi connectivity index (χ0n) is 19.5. The normalized spacial score (nSPS) is 15.8. The Morgan fingerprint density at radius 2 is 1.38 bits per heavy atom. The molecule has 1 fully saturated rings. The molecule has 0 N–H and O–H groups in total. The van der Waals surface area contributed by atoms with Crippen LogP contribution < -0.4 is 4.74 Å². The number of hydrogen-bond acceptors (Lipinski definition) is 6. The van der Waals surface area contributed by atoms with Crippen LogP contribution in [0.15, 0.2) is 84.9 Å². The molecule has 1 aliphatic heterocycles. The van der Waals surface area contributed by atoms with Gasteiger partial charge in [0.25, 0.3) is 0 Å². The molecule has 0 unspecified atom stereocenters. The fourth-order valence-corrected chi connectivity index (χ4v) is 4.61. The minimum atomic E-state index is -0.0245. The Hall–Kier alpha value is -3.55. The van der Waals surface area contributed by atoms with E-state index in [9.17, 15) is 0 Å². The van der Waals surface area contributed by atoms with Crippen molar-refractivity contribution in [1.29, 1.82) is 0 Å². The van der Waals surface area contributed by atoms with Crippen LogP contribution in [0.2, 0.25) is 0 Å². The third kappa shape index (κ3) is 5.16. The van der Waals surface area contributed by atoms with Gasteiger partial charge in [0.15, 0.2) is 5.82 Å². The lowest BCUT2D eigenvalue weighted by atomic mass is 10.0. The molecule has 7 heteroatoms. The van der Waals surface area contributed by atoms with E-state index in [-0.39, 0.29) is 6.04 Å². The predicted molar refractivity (Wildman–Crippen MR) is 131 cm³/mol. The average molecular weight is 455 g/mol. The van der Waals surface area contributed by atoms with Crippen LogP contribution in [0.4, 0.5) is 0 Å². The quantitative estimate of drug-likeness (QED) is 0.405. The number of rotatable bonds is 8. The topological polar surface area (TPSA) is 59.3 Å². The molecule has 1 aromatic heterocycles. The van der Waals surface area contributed by atoms with Crippen LogP contribution in [0.5, 0.6) is 5.75 Å². The molecule has 4 aromatic rings. The summed E-state index contributed by atoms with van der Waals surface area (Å²) in [5.74, 6) is 1.71. The first kappa shape index (κ1) is 22.3. The number of methoxy groups -OCH3 is 1. The predicted octanol–water partition coefficient (Wildman–Crippen LogP) is 3.64. The van der Waals surface area contributed by atoms with E-state index in [1.54, 1.807) is 7.11 Å². The fourth-order valence-electron chi connectivity index (χ4n) is 4.61. The third-order valence-corrected chi connectivity index (χ3v) is 6.43. The molecule has 3 aromatic carbocycles. The van der Waals surface area contributed by atoms with E-state index >= 15 is 0 Å². The van der Waals surface area contributed by atoms with E-state index in [2.05, 4.69) is 79.9 Å².